The van der Waals surface area contributed by atoms with Gasteiger partial charge in [0.1, 0.15) is 0 Å². The van der Waals surface area contributed by atoms with Crippen molar-refractivity contribution in [2.75, 3.05) is 52.4 Å². The molecule has 1 saturated heterocycles. The predicted molar refractivity (Wildman–Crippen MR) is 128 cm³/mol. The van der Waals surface area contributed by atoms with Crippen molar-refractivity contribution < 1.29 is 20.4 Å². The molecule has 0 bridgehead atoms. The number of nitrogens with two attached hydrogens (primary N) is 2. The number of nitrogens with zero attached hydrogens (tertiary/aromatic N) is 2. The zero-order valence-electron chi connectivity index (χ0n) is 19.7. The Kier molecular flexibility index (Phi) is 15.2. The van der Waals surface area contributed by atoms with Gasteiger partial charge in [-0.15, -0.1) is 0 Å². The second-order valence-electron chi connectivity index (χ2n) is 8.45. The number of hydrogen-bond donors (Lipinski definition) is 8. The van der Waals surface area contributed by atoms with Gasteiger partial charge in [0, 0.05) is 52.4 Å². The smallest absolute Gasteiger partial charge is 0.0865 e. The molecule has 1 aliphatic rings. The Labute approximate surface area is 192 Å². The van der Waals surface area contributed by atoms with E-state index in [1.54, 1.807) is 13.8 Å². The number of aliphatic hydroxyl groups is 4. The summed E-state index contributed by atoms with van der Waals surface area (Å²) in [5.41, 5.74) is 10.8. The molecule has 1 heterocycles. The topological polar surface area (TPSA) is 163 Å². The SMILES string of the molecule is CC(O)C(NC/C=C/CC(O)CN)N1CCN(C(NC/C=C/CC(O)CN)C(C)O)CC1. The van der Waals surface area contributed by atoms with Crippen molar-refractivity contribution in [3.8, 4) is 0 Å². The molecule has 1 aliphatic heterocycles. The van der Waals surface area contributed by atoms with Crippen LogP contribution in [0.5, 0.6) is 0 Å². The molecule has 188 valence electrons. The van der Waals surface area contributed by atoms with Crippen LogP contribution in [0.2, 0.25) is 0 Å². The summed E-state index contributed by atoms with van der Waals surface area (Å²) in [5, 5.41) is 46.2. The van der Waals surface area contributed by atoms with Crippen LogP contribution in [-0.4, -0.2) is 119 Å². The highest BCUT2D eigenvalue weighted by molar-refractivity contribution is 4.91. The first-order valence-corrected chi connectivity index (χ1v) is 11.7. The average Bonchev–Trinajstić information content (AvgIpc) is 2.77. The van der Waals surface area contributed by atoms with E-state index >= 15 is 0 Å². The summed E-state index contributed by atoms with van der Waals surface area (Å²) in [7, 11) is 0. The molecule has 32 heavy (non-hydrogen) atoms. The average molecular weight is 459 g/mol. The summed E-state index contributed by atoms with van der Waals surface area (Å²) >= 11 is 0. The molecule has 6 atom stereocenters. The monoisotopic (exact) mass is 458 g/mol. The van der Waals surface area contributed by atoms with E-state index in [4.69, 9.17) is 11.5 Å². The largest absolute Gasteiger partial charge is 0.391 e. The maximum atomic E-state index is 10.3. The lowest BCUT2D eigenvalue weighted by atomic mass is 10.2. The minimum Gasteiger partial charge on any atom is -0.391 e. The van der Waals surface area contributed by atoms with Gasteiger partial charge in [-0.05, 0) is 26.7 Å². The van der Waals surface area contributed by atoms with Gasteiger partial charge in [-0.2, -0.15) is 0 Å². The van der Waals surface area contributed by atoms with Crippen molar-refractivity contribution in [3.05, 3.63) is 24.3 Å². The fraction of sp³-hybridized carbons (Fsp3) is 0.818. The van der Waals surface area contributed by atoms with Crippen LogP contribution in [0.25, 0.3) is 0 Å². The van der Waals surface area contributed by atoms with Gasteiger partial charge in [0.05, 0.1) is 36.7 Å². The van der Waals surface area contributed by atoms with E-state index in [-0.39, 0.29) is 25.4 Å². The van der Waals surface area contributed by atoms with E-state index in [1.165, 1.54) is 0 Å². The quantitative estimate of drug-likeness (QED) is 0.118. The van der Waals surface area contributed by atoms with Crippen LogP contribution in [0.4, 0.5) is 0 Å². The molecule has 1 fully saturated rings. The molecular formula is C22H46N6O4. The van der Waals surface area contributed by atoms with E-state index in [1.807, 2.05) is 24.3 Å². The van der Waals surface area contributed by atoms with Gasteiger partial charge in [0.15, 0.2) is 0 Å². The van der Waals surface area contributed by atoms with E-state index in [0.29, 0.717) is 25.9 Å². The third-order valence-electron chi connectivity index (χ3n) is 5.63. The van der Waals surface area contributed by atoms with Crippen molar-refractivity contribution in [1.29, 1.82) is 0 Å². The summed E-state index contributed by atoms with van der Waals surface area (Å²) < 4.78 is 0. The first kappa shape index (κ1) is 29.1. The highest BCUT2D eigenvalue weighted by Gasteiger charge is 2.30. The molecule has 0 aromatic rings. The van der Waals surface area contributed by atoms with Gasteiger partial charge in [0.2, 0.25) is 0 Å². The van der Waals surface area contributed by atoms with Crippen LogP contribution < -0.4 is 22.1 Å². The van der Waals surface area contributed by atoms with Crippen LogP contribution in [-0.2, 0) is 0 Å². The van der Waals surface area contributed by atoms with Gasteiger partial charge >= 0.3 is 0 Å². The van der Waals surface area contributed by atoms with Gasteiger partial charge in [-0.1, -0.05) is 24.3 Å². The summed E-state index contributed by atoms with van der Waals surface area (Å²) in [5.74, 6) is 0. The highest BCUT2D eigenvalue weighted by atomic mass is 16.3. The minimum absolute atomic E-state index is 0.170. The molecule has 10 nitrogen and oxygen atoms in total. The van der Waals surface area contributed by atoms with Gasteiger partial charge in [-0.3, -0.25) is 20.4 Å². The third-order valence-corrected chi connectivity index (χ3v) is 5.63. The third kappa shape index (κ3) is 11.3. The van der Waals surface area contributed by atoms with Gasteiger partial charge in [-0.25, -0.2) is 0 Å². The molecular weight excluding hydrogens is 412 g/mol. The van der Waals surface area contributed by atoms with E-state index in [9.17, 15) is 20.4 Å². The molecule has 10 heteroatoms. The van der Waals surface area contributed by atoms with E-state index < -0.39 is 24.4 Å². The van der Waals surface area contributed by atoms with Crippen LogP contribution in [0.3, 0.4) is 0 Å². The first-order valence-electron chi connectivity index (χ1n) is 11.7. The standard InChI is InChI=1S/C22H46N6O4/c1-17(29)21(25-9-5-3-7-19(31)15-23)27-11-13-28(14-12-27)22(18(2)30)26-10-6-4-8-20(32)16-24/h3-6,17-22,25-26,29-32H,7-16,23-24H2,1-2H3/b5-3+,6-4+. The summed E-state index contributed by atoms with van der Waals surface area (Å²) in [6, 6.07) is 0. The molecule has 6 unspecified atom stereocenters. The molecule has 0 amide bonds. The zero-order chi connectivity index (χ0) is 23.9. The molecule has 0 spiro atoms. The number of rotatable bonds is 16. The Balaban J connectivity index is 2.48. The van der Waals surface area contributed by atoms with Gasteiger partial charge < -0.3 is 31.9 Å². The number of piperazine rings is 1. The molecule has 10 N–H and O–H groups in total. The maximum Gasteiger partial charge on any atom is 0.0865 e. The van der Waals surface area contributed by atoms with Crippen molar-refractivity contribution in [1.82, 2.24) is 20.4 Å². The number of nitrogens with one attached hydrogen (secondary N) is 2. The predicted octanol–water partition coefficient (Wildman–Crippen LogP) is -2.27. The number of hydrogen-bond acceptors (Lipinski definition) is 10. The Morgan fingerprint density at radius 3 is 1.31 bits per heavy atom. The Morgan fingerprint density at radius 1 is 0.688 bits per heavy atom. The van der Waals surface area contributed by atoms with Gasteiger partial charge in [0.25, 0.3) is 0 Å². The highest BCUT2D eigenvalue weighted by Crippen LogP contribution is 2.12. The Morgan fingerprint density at radius 2 is 1.03 bits per heavy atom. The summed E-state index contributed by atoms with van der Waals surface area (Å²) in [6.45, 7) is 8.29. The molecule has 0 aromatic carbocycles. The fourth-order valence-electron chi connectivity index (χ4n) is 3.75. The van der Waals surface area contributed by atoms with Crippen LogP contribution in [0, 0.1) is 0 Å². The fourth-order valence-corrected chi connectivity index (χ4v) is 3.75. The maximum absolute atomic E-state index is 10.3. The Hall–Kier alpha value is -0.920. The van der Waals surface area contributed by atoms with Crippen LogP contribution in [0.15, 0.2) is 24.3 Å². The van der Waals surface area contributed by atoms with E-state index in [0.717, 1.165) is 26.2 Å². The van der Waals surface area contributed by atoms with Crippen molar-refractivity contribution >= 4 is 0 Å². The first-order chi connectivity index (χ1) is 15.3. The van der Waals surface area contributed by atoms with Crippen molar-refractivity contribution in [2.45, 2.75) is 63.4 Å². The normalized spacial score (nSPS) is 22.2. The van der Waals surface area contributed by atoms with E-state index in [2.05, 4.69) is 20.4 Å². The molecule has 0 radical (unpaired) electrons. The second-order valence-corrected chi connectivity index (χ2v) is 8.45. The lowest BCUT2D eigenvalue weighted by Crippen LogP contribution is -2.63. The summed E-state index contributed by atoms with van der Waals surface area (Å²) in [4.78, 5) is 4.44. The lowest BCUT2D eigenvalue weighted by molar-refractivity contribution is -0.0238. The zero-order valence-corrected chi connectivity index (χ0v) is 19.7. The van der Waals surface area contributed by atoms with Crippen LogP contribution >= 0.6 is 0 Å². The molecule has 0 aliphatic carbocycles. The second kappa shape index (κ2) is 16.7. The van der Waals surface area contributed by atoms with Crippen LogP contribution in [0.1, 0.15) is 26.7 Å². The number of aliphatic hydroxyl groups excluding tert-OH is 4. The minimum atomic E-state index is -0.538. The van der Waals surface area contributed by atoms with Crippen molar-refractivity contribution in [2.24, 2.45) is 11.5 Å². The molecule has 0 saturated carbocycles. The summed E-state index contributed by atoms with van der Waals surface area (Å²) in [6.07, 6.45) is 6.26. The Bertz CT molecular complexity index is 481. The lowest BCUT2D eigenvalue weighted by Gasteiger charge is -2.44. The molecule has 0 aromatic heterocycles. The molecule has 1 rings (SSSR count). The van der Waals surface area contributed by atoms with Crippen molar-refractivity contribution in [3.63, 3.8) is 0 Å².